The predicted octanol–water partition coefficient (Wildman–Crippen LogP) is 2.31. The molecule has 1 unspecified atom stereocenters. The van der Waals surface area contributed by atoms with E-state index in [1.54, 1.807) is 18.2 Å². The Hall–Kier alpha value is -1.50. The van der Waals surface area contributed by atoms with E-state index >= 15 is 0 Å². The summed E-state index contributed by atoms with van der Waals surface area (Å²) in [5, 5.41) is 20.6. The average molecular weight is 279 g/mol. The normalized spacial score (nSPS) is 28.1. The van der Waals surface area contributed by atoms with Crippen molar-refractivity contribution in [1.29, 1.82) is 0 Å². The van der Waals surface area contributed by atoms with Gasteiger partial charge in [0.15, 0.2) is 5.79 Å². The number of hydrogen-bond donors (Lipinski definition) is 1. The van der Waals surface area contributed by atoms with Crippen LogP contribution in [0.1, 0.15) is 37.4 Å². The van der Waals surface area contributed by atoms with E-state index in [2.05, 4.69) is 0 Å². The molecule has 2 aliphatic rings. The SMILES string of the molecule is O=[N+]([O-])c1ccccc1C1OC2(CCCC2)O[C@H]1CO. The third-order valence-electron chi connectivity index (χ3n) is 4.03. The third kappa shape index (κ3) is 2.19. The standard InChI is InChI=1S/C14H17NO5/c16-9-12-13(20-14(19-12)7-3-4-8-14)10-5-1-2-6-11(10)15(17)18/h1-2,5-6,12-13,16H,3-4,7-9H2/t12-,13?/m0/s1. The van der Waals surface area contributed by atoms with Gasteiger partial charge in [0.05, 0.1) is 17.1 Å². The maximum absolute atomic E-state index is 11.1. The van der Waals surface area contributed by atoms with Crippen LogP contribution in [0.5, 0.6) is 0 Å². The van der Waals surface area contributed by atoms with Gasteiger partial charge in [-0.25, -0.2) is 0 Å². The van der Waals surface area contributed by atoms with Gasteiger partial charge in [-0.15, -0.1) is 0 Å². The van der Waals surface area contributed by atoms with Crippen LogP contribution in [0.2, 0.25) is 0 Å². The second-order valence-electron chi connectivity index (χ2n) is 5.31. The highest BCUT2D eigenvalue weighted by Crippen LogP contribution is 2.48. The fraction of sp³-hybridized carbons (Fsp3) is 0.571. The summed E-state index contributed by atoms with van der Waals surface area (Å²) >= 11 is 0. The molecule has 6 heteroatoms. The minimum absolute atomic E-state index is 0.00889. The summed E-state index contributed by atoms with van der Waals surface area (Å²) in [7, 11) is 0. The lowest BCUT2D eigenvalue weighted by molar-refractivity contribution is -0.386. The number of nitro benzene ring substituents is 1. The number of para-hydroxylation sites is 1. The van der Waals surface area contributed by atoms with Crippen molar-refractivity contribution < 1.29 is 19.5 Å². The van der Waals surface area contributed by atoms with Gasteiger partial charge in [0.1, 0.15) is 12.2 Å². The molecular weight excluding hydrogens is 262 g/mol. The molecule has 20 heavy (non-hydrogen) atoms. The van der Waals surface area contributed by atoms with Crippen LogP contribution < -0.4 is 0 Å². The molecule has 0 radical (unpaired) electrons. The van der Waals surface area contributed by atoms with Crippen molar-refractivity contribution in [3.8, 4) is 0 Å². The fourth-order valence-corrected chi connectivity index (χ4v) is 3.11. The van der Waals surface area contributed by atoms with Crippen LogP contribution in [0.3, 0.4) is 0 Å². The van der Waals surface area contributed by atoms with Crippen molar-refractivity contribution >= 4 is 5.69 Å². The second-order valence-corrected chi connectivity index (χ2v) is 5.31. The molecule has 0 bridgehead atoms. The van der Waals surface area contributed by atoms with E-state index in [4.69, 9.17) is 9.47 Å². The Morgan fingerprint density at radius 2 is 2.00 bits per heavy atom. The van der Waals surface area contributed by atoms with Crippen LogP contribution in [0.15, 0.2) is 24.3 Å². The first-order valence-corrected chi connectivity index (χ1v) is 6.85. The lowest BCUT2D eigenvalue weighted by Crippen LogP contribution is -2.27. The Morgan fingerprint density at radius 1 is 1.30 bits per heavy atom. The molecule has 0 aromatic heterocycles. The number of nitrogens with zero attached hydrogens (tertiary/aromatic N) is 1. The van der Waals surface area contributed by atoms with Gasteiger partial charge in [-0.1, -0.05) is 12.1 Å². The lowest BCUT2D eigenvalue weighted by Gasteiger charge is -2.21. The molecule has 3 rings (SSSR count). The zero-order chi connectivity index (χ0) is 14.2. The summed E-state index contributed by atoms with van der Waals surface area (Å²) < 4.78 is 11.9. The van der Waals surface area contributed by atoms with E-state index in [0.717, 1.165) is 25.7 Å². The van der Waals surface area contributed by atoms with Crippen LogP contribution in [0, 0.1) is 10.1 Å². The summed E-state index contributed by atoms with van der Waals surface area (Å²) in [6.07, 6.45) is 2.46. The van der Waals surface area contributed by atoms with Crippen molar-refractivity contribution in [1.82, 2.24) is 0 Å². The Bertz CT molecular complexity index is 512. The highest BCUT2D eigenvalue weighted by Gasteiger charge is 2.50. The largest absolute Gasteiger partial charge is 0.394 e. The molecule has 1 N–H and O–H groups in total. The Morgan fingerprint density at radius 3 is 2.65 bits per heavy atom. The molecule has 1 spiro atoms. The van der Waals surface area contributed by atoms with Gasteiger partial charge in [-0.3, -0.25) is 10.1 Å². The van der Waals surface area contributed by atoms with Crippen molar-refractivity contribution in [2.75, 3.05) is 6.61 Å². The second kappa shape index (κ2) is 5.12. The highest BCUT2D eigenvalue weighted by molar-refractivity contribution is 5.42. The number of rotatable bonds is 3. The first-order valence-electron chi connectivity index (χ1n) is 6.85. The predicted molar refractivity (Wildman–Crippen MR) is 70.1 cm³/mol. The van der Waals surface area contributed by atoms with Gasteiger partial charge in [0, 0.05) is 18.9 Å². The van der Waals surface area contributed by atoms with Gasteiger partial charge in [0.25, 0.3) is 5.69 Å². The molecule has 1 aliphatic carbocycles. The number of ether oxygens (including phenoxy) is 2. The number of hydrogen-bond acceptors (Lipinski definition) is 5. The first kappa shape index (κ1) is 13.5. The van der Waals surface area contributed by atoms with Crippen molar-refractivity contribution in [2.24, 2.45) is 0 Å². The molecule has 1 aromatic carbocycles. The van der Waals surface area contributed by atoms with E-state index in [1.165, 1.54) is 6.07 Å². The minimum Gasteiger partial charge on any atom is -0.394 e. The molecule has 108 valence electrons. The lowest BCUT2D eigenvalue weighted by atomic mass is 10.0. The van der Waals surface area contributed by atoms with Gasteiger partial charge >= 0.3 is 0 Å². The van der Waals surface area contributed by atoms with Crippen molar-refractivity contribution in [3.63, 3.8) is 0 Å². The zero-order valence-corrected chi connectivity index (χ0v) is 11.0. The molecular formula is C14H17NO5. The molecule has 1 heterocycles. The van der Waals surface area contributed by atoms with E-state index < -0.39 is 22.9 Å². The Balaban J connectivity index is 1.94. The van der Waals surface area contributed by atoms with E-state index in [1.807, 2.05) is 0 Å². The molecule has 0 amide bonds. The molecule has 2 fully saturated rings. The summed E-state index contributed by atoms with van der Waals surface area (Å²) in [6.45, 7) is -0.210. The highest BCUT2D eigenvalue weighted by atomic mass is 16.8. The van der Waals surface area contributed by atoms with Gasteiger partial charge in [-0.05, 0) is 18.9 Å². The molecule has 6 nitrogen and oxygen atoms in total. The topological polar surface area (TPSA) is 81.8 Å². The summed E-state index contributed by atoms with van der Waals surface area (Å²) in [4.78, 5) is 10.7. The summed E-state index contributed by atoms with van der Waals surface area (Å²) in [5.41, 5.74) is 0.481. The van der Waals surface area contributed by atoms with E-state index in [-0.39, 0.29) is 12.3 Å². The summed E-state index contributed by atoms with van der Waals surface area (Å²) in [6, 6.07) is 6.48. The summed E-state index contributed by atoms with van der Waals surface area (Å²) in [5.74, 6) is -0.665. The number of benzene rings is 1. The Kier molecular flexibility index (Phi) is 3.45. The van der Waals surface area contributed by atoms with E-state index in [9.17, 15) is 15.2 Å². The fourth-order valence-electron chi connectivity index (χ4n) is 3.11. The van der Waals surface area contributed by atoms with Crippen LogP contribution in [0.25, 0.3) is 0 Å². The number of aliphatic hydroxyl groups is 1. The molecule has 1 aliphatic heterocycles. The molecule has 1 saturated heterocycles. The quantitative estimate of drug-likeness (QED) is 0.678. The van der Waals surface area contributed by atoms with E-state index in [0.29, 0.717) is 5.56 Å². The average Bonchev–Trinajstić information content (AvgIpc) is 3.06. The van der Waals surface area contributed by atoms with Crippen LogP contribution >= 0.6 is 0 Å². The van der Waals surface area contributed by atoms with Crippen LogP contribution in [-0.4, -0.2) is 28.5 Å². The number of nitro groups is 1. The first-order chi connectivity index (χ1) is 9.65. The Labute approximate surface area is 116 Å². The van der Waals surface area contributed by atoms with Gasteiger partial charge in [0.2, 0.25) is 0 Å². The van der Waals surface area contributed by atoms with Crippen molar-refractivity contribution in [3.05, 3.63) is 39.9 Å². The monoisotopic (exact) mass is 279 g/mol. The van der Waals surface area contributed by atoms with Crippen LogP contribution in [-0.2, 0) is 9.47 Å². The van der Waals surface area contributed by atoms with Crippen LogP contribution in [0.4, 0.5) is 5.69 Å². The maximum Gasteiger partial charge on any atom is 0.275 e. The molecule has 1 aromatic rings. The van der Waals surface area contributed by atoms with Gasteiger partial charge < -0.3 is 14.6 Å². The zero-order valence-electron chi connectivity index (χ0n) is 11.0. The number of aliphatic hydroxyl groups excluding tert-OH is 1. The molecule has 1 saturated carbocycles. The minimum atomic E-state index is -0.665. The third-order valence-corrected chi connectivity index (χ3v) is 4.03. The van der Waals surface area contributed by atoms with Crippen molar-refractivity contribution in [2.45, 2.75) is 43.7 Å². The maximum atomic E-state index is 11.1. The molecule has 2 atom stereocenters. The van der Waals surface area contributed by atoms with Gasteiger partial charge in [-0.2, -0.15) is 0 Å². The smallest absolute Gasteiger partial charge is 0.275 e.